The van der Waals surface area contributed by atoms with E-state index in [1.54, 1.807) is 6.07 Å². The third-order valence-electron chi connectivity index (χ3n) is 5.09. The van der Waals surface area contributed by atoms with Crippen molar-refractivity contribution in [3.63, 3.8) is 0 Å². The number of H-pyrrole nitrogens is 1. The van der Waals surface area contributed by atoms with Gasteiger partial charge in [0.1, 0.15) is 11.6 Å². The van der Waals surface area contributed by atoms with Gasteiger partial charge in [-0.1, -0.05) is 0 Å². The number of benzene rings is 1. The molecule has 0 aliphatic carbocycles. The predicted octanol–water partition coefficient (Wildman–Crippen LogP) is 2.96. The molecule has 0 amide bonds. The Bertz CT molecular complexity index is 970. The van der Waals surface area contributed by atoms with Crippen LogP contribution in [-0.4, -0.2) is 50.9 Å². The fourth-order valence-electron chi connectivity index (χ4n) is 3.83. The van der Waals surface area contributed by atoms with E-state index in [0.717, 1.165) is 55.3 Å². The van der Waals surface area contributed by atoms with E-state index in [2.05, 4.69) is 32.3 Å². The molecule has 7 heteroatoms. The lowest BCUT2D eigenvalue weighted by Gasteiger charge is -2.23. The van der Waals surface area contributed by atoms with Crippen molar-refractivity contribution in [3.8, 4) is 17.0 Å². The van der Waals surface area contributed by atoms with E-state index in [0.29, 0.717) is 22.9 Å². The Labute approximate surface area is 157 Å². The summed E-state index contributed by atoms with van der Waals surface area (Å²) in [4.78, 5) is 6.99. The highest BCUT2D eigenvalue weighted by atomic mass is 19.1. The van der Waals surface area contributed by atoms with Gasteiger partial charge in [-0.2, -0.15) is 5.10 Å². The average Bonchev–Trinajstić information content (AvgIpc) is 2.87. The first-order chi connectivity index (χ1) is 13.0. The maximum absolute atomic E-state index is 14.4. The third-order valence-corrected chi connectivity index (χ3v) is 5.09. The average molecular weight is 369 g/mol. The summed E-state index contributed by atoms with van der Waals surface area (Å²) in [7, 11) is 0. The Balaban J connectivity index is 1.77. The second kappa shape index (κ2) is 7.25. The fourth-order valence-corrected chi connectivity index (χ4v) is 3.83. The van der Waals surface area contributed by atoms with Crippen molar-refractivity contribution in [3.05, 3.63) is 41.3 Å². The van der Waals surface area contributed by atoms with Crippen molar-refractivity contribution < 1.29 is 9.50 Å². The second-order valence-electron chi connectivity index (χ2n) is 7.31. The molecule has 27 heavy (non-hydrogen) atoms. The standard InChI is InChI=1S/C20H24FN5O/c1-12-10-26(7-3-6-22-12)11-14-8-18(16-5-4-15(27)9-17(16)21)23-20-19(14)13(2)24-25-20/h4-5,8-9,12,22,27H,3,6-7,10-11H2,1-2H3,(H,23,24,25). The number of aromatic hydroxyl groups is 1. The molecule has 0 radical (unpaired) electrons. The molecule has 0 saturated carbocycles. The zero-order chi connectivity index (χ0) is 19.0. The molecular weight excluding hydrogens is 345 g/mol. The molecular formula is C20H24FN5O. The van der Waals surface area contributed by atoms with Gasteiger partial charge in [0.15, 0.2) is 5.65 Å². The van der Waals surface area contributed by atoms with Gasteiger partial charge in [-0.15, -0.1) is 0 Å². The number of phenols is 1. The lowest BCUT2D eigenvalue weighted by Crippen LogP contribution is -2.35. The molecule has 142 valence electrons. The molecule has 0 bridgehead atoms. The van der Waals surface area contributed by atoms with Crippen molar-refractivity contribution in [1.82, 2.24) is 25.4 Å². The van der Waals surface area contributed by atoms with Gasteiger partial charge in [-0.25, -0.2) is 9.37 Å². The van der Waals surface area contributed by atoms with E-state index < -0.39 is 5.82 Å². The van der Waals surface area contributed by atoms with Gasteiger partial charge in [-0.3, -0.25) is 10.00 Å². The zero-order valence-corrected chi connectivity index (χ0v) is 15.6. The lowest BCUT2D eigenvalue weighted by atomic mass is 10.0. The molecule has 6 nitrogen and oxygen atoms in total. The first-order valence-electron chi connectivity index (χ1n) is 9.30. The van der Waals surface area contributed by atoms with Crippen LogP contribution in [0.15, 0.2) is 24.3 Å². The van der Waals surface area contributed by atoms with Crippen LogP contribution in [0.2, 0.25) is 0 Å². The van der Waals surface area contributed by atoms with Crippen molar-refractivity contribution >= 4 is 11.0 Å². The number of aromatic amines is 1. The molecule has 1 unspecified atom stereocenters. The molecule has 1 fully saturated rings. The molecule has 3 N–H and O–H groups in total. The van der Waals surface area contributed by atoms with Gasteiger partial charge in [0.2, 0.25) is 0 Å². The van der Waals surface area contributed by atoms with Crippen LogP contribution in [0.3, 0.4) is 0 Å². The molecule has 1 atom stereocenters. The molecule has 3 aromatic rings. The summed E-state index contributed by atoms with van der Waals surface area (Å²) in [5.74, 6) is -0.586. The van der Waals surface area contributed by atoms with Crippen LogP contribution in [0.4, 0.5) is 4.39 Å². The smallest absolute Gasteiger partial charge is 0.156 e. The van der Waals surface area contributed by atoms with Crippen molar-refractivity contribution in [2.45, 2.75) is 32.9 Å². The fraction of sp³-hybridized carbons (Fsp3) is 0.400. The van der Waals surface area contributed by atoms with Crippen molar-refractivity contribution in [2.24, 2.45) is 0 Å². The van der Waals surface area contributed by atoms with Gasteiger partial charge in [0, 0.05) is 36.1 Å². The van der Waals surface area contributed by atoms with Gasteiger partial charge in [0.25, 0.3) is 0 Å². The Morgan fingerprint density at radius 1 is 1.33 bits per heavy atom. The number of fused-ring (bicyclic) bond motifs is 1. The number of nitrogens with one attached hydrogen (secondary N) is 2. The monoisotopic (exact) mass is 369 g/mol. The molecule has 2 aromatic heterocycles. The van der Waals surface area contributed by atoms with Crippen LogP contribution in [0.25, 0.3) is 22.3 Å². The molecule has 0 spiro atoms. The van der Waals surface area contributed by atoms with Crippen LogP contribution in [0.5, 0.6) is 5.75 Å². The predicted molar refractivity (Wildman–Crippen MR) is 103 cm³/mol. The number of nitrogens with zero attached hydrogens (tertiary/aromatic N) is 3. The van der Waals surface area contributed by atoms with Crippen molar-refractivity contribution in [2.75, 3.05) is 19.6 Å². The molecule has 3 heterocycles. The minimum absolute atomic E-state index is 0.0963. The highest BCUT2D eigenvalue weighted by Crippen LogP contribution is 2.29. The summed E-state index contributed by atoms with van der Waals surface area (Å²) in [5.41, 5.74) is 3.55. The highest BCUT2D eigenvalue weighted by molar-refractivity contribution is 5.84. The molecule has 1 saturated heterocycles. The minimum Gasteiger partial charge on any atom is -0.508 e. The summed E-state index contributed by atoms with van der Waals surface area (Å²) in [5, 5.41) is 21.3. The zero-order valence-electron chi connectivity index (χ0n) is 15.6. The van der Waals surface area contributed by atoms with Gasteiger partial charge < -0.3 is 10.4 Å². The minimum atomic E-state index is -0.489. The Kier molecular flexibility index (Phi) is 4.80. The third kappa shape index (κ3) is 3.65. The van der Waals surface area contributed by atoms with Gasteiger partial charge >= 0.3 is 0 Å². The number of pyridine rings is 1. The van der Waals surface area contributed by atoms with Crippen LogP contribution in [-0.2, 0) is 6.54 Å². The van der Waals surface area contributed by atoms with E-state index in [4.69, 9.17) is 0 Å². The van der Waals surface area contributed by atoms with E-state index in [1.807, 2.05) is 13.0 Å². The lowest BCUT2D eigenvalue weighted by molar-refractivity contribution is 0.265. The van der Waals surface area contributed by atoms with Gasteiger partial charge in [-0.05, 0) is 57.1 Å². The second-order valence-corrected chi connectivity index (χ2v) is 7.31. The highest BCUT2D eigenvalue weighted by Gasteiger charge is 2.19. The number of halogens is 1. The number of hydrogen-bond donors (Lipinski definition) is 3. The maximum atomic E-state index is 14.4. The number of rotatable bonds is 3. The van der Waals surface area contributed by atoms with E-state index in [-0.39, 0.29) is 5.75 Å². The molecule has 1 aromatic carbocycles. The first-order valence-corrected chi connectivity index (χ1v) is 9.30. The van der Waals surface area contributed by atoms with Crippen molar-refractivity contribution in [1.29, 1.82) is 0 Å². The summed E-state index contributed by atoms with van der Waals surface area (Å²) < 4.78 is 14.4. The summed E-state index contributed by atoms with van der Waals surface area (Å²) in [6.07, 6.45) is 1.10. The van der Waals surface area contributed by atoms with E-state index in [9.17, 15) is 9.50 Å². The SMILES string of the molecule is Cc1n[nH]c2nc(-c3ccc(O)cc3F)cc(CN3CCCNC(C)C3)c12. The van der Waals surface area contributed by atoms with E-state index >= 15 is 0 Å². The molecule has 1 aliphatic heterocycles. The normalized spacial score (nSPS) is 18.7. The molecule has 4 rings (SSSR count). The topological polar surface area (TPSA) is 77.1 Å². The number of aromatic nitrogens is 3. The largest absolute Gasteiger partial charge is 0.508 e. The van der Waals surface area contributed by atoms with Crippen LogP contribution < -0.4 is 5.32 Å². The summed E-state index contributed by atoms with van der Waals surface area (Å²) in [6, 6.07) is 6.53. The number of hydrogen-bond acceptors (Lipinski definition) is 5. The quantitative estimate of drug-likeness (QED) is 0.662. The summed E-state index contributed by atoms with van der Waals surface area (Å²) in [6.45, 7) is 7.92. The Morgan fingerprint density at radius 2 is 2.19 bits per heavy atom. The number of phenolic OH excluding ortho intramolecular Hbond substituents is 1. The Morgan fingerprint density at radius 3 is 3.00 bits per heavy atom. The van der Waals surface area contributed by atoms with Gasteiger partial charge in [0.05, 0.1) is 11.4 Å². The Hall–Kier alpha value is -2.51. The van der Waals surface area contributed by atoms with Crippen LogP contribution in [0.1, 0.15) is 24.6 Å². The van der Waals surface area contributed by atoms with E-state index in [1.165, 1.54) is 6.07 Å². The number of aryl methyl sites for hydroxylation is 1. The van der Waals surface area contributed by atoms with Crippen LogP contribution in [0, 0.1) is 12.7 Å². The maximum Gasteiger partial charge on any atom is 0.156 e. The first kappa shape index (κ1) is 17.9. The van der Waals surface area contributed by atoms with Crippen LogP contribution >= 0.6 is 0 Å². The summed E-state index contributed by atoms with van der Waals surface area (Å²) >= 11 is 0. The molecule has 1 aliphatic rings.